The Bertz CT molecular complexity index is 3130. The number of Topliss-reactive ketones (excluding diaryl/α,β-unsaturated/α-hetero) is 1. The molecule has 14 nitrogen and oxygen atoms in total. The molecule has 0 atom stereocenters. The molecular weight excluding hydrogens is 971 g/mol. The lowest BCUT2D eigenvalue weighted by atomic mass is 9.95. The van der Waals surface area contributed by atoms with E-state index in [2.05, 4.69) is 61.8 Å². The number of aromatic nitrogens is 4. The van der Waals surface area contributed by atoms with Crippen molar-refractivity contribution in [2.45, 2.75) is 13.8 Å². The highest BCUT2D eigenvalue weighted by atomic mass is 79.9. The number of ether oxygens (including phenoxy) is 3. The van der Waals surface area contributed by atoms with E-state index in [0.29, 0.717) is 32.9 Å². The Hall–Kier alpha value is -6.33. The number of aromatic amines is 4. The van der Waals surface area contributed by atoms with Gasteiger partial charge >= 0.3 is 5.97 Å². The first-order valence-corrected chi connectivity index (χ1v) is 20.3. The van der Waals surface area contributed by atoms with Gasteiger partial charge in [-0.1, -0.05) is 62.5 Å². The van der Waals surface area contributed by atoms with Crippen LogP contribution in [0, 0.1) is 0 Å². The molecule has 0 saturated heterocycles. The molecule has 0 radical (unpaired) electrons. The minimum Gasteiger partial charge on any atom is -0.497 e. The molecular formula is C44H36Br2Cl2N6O8. The van der Waals surface area contributed by atoms with Gasteiger partial charge in [-0.15, -0.1) is 0 Å². The molecule has 1 aliphatic rings. The molecule has 318 valence electrons. The van der Waals surface area contributed by atoms with Gasteiger partial charge in [0, 0.05) is 76.1 Å². The van der Waals surface area contributed by atoms with Crippen LogP contribution in [0.5, 0.6) is 11.5 Å². The van der Waals surface area contributed by atoms with Crippen LogP contribution in [-0.4, -0.2) is 70.7 Å². The fourth-order valence-electron chi connectivity index (χ4n) is 6.93. The highest BCUT2D eigenvalue weighted by molar-refractivity contribution is 9.10. The van der Waals surface area contributed by atoms with Crippen molar-refractivity contribution in [2.75, 3.05) is 21.3 Å². The summed E-state index contributed by atoms with van der Waals surface area (Å²) >= 11 is 19.1. The average Bonchev–Trinajstić information content (AvgIpc) is 4.05. The molecule has 8 aromatic rings. The van der Waals surface area contributed by atoms with E-state index in [0.717, 1.165) is 60.1 Å². The molecule has 5 heterocycles. The third-order valence-corrected chi connectivity index (χ3v) is 11.3. The molecule has 1 aliphatic heterocycles. The summed E-state index contributed by atoms with van der Waals surface area (Å²) in [6.45, 7) is 0. The van der Waals surface area contributed by atoms with Gasteiger partial charge in [0.2, 0.25) is 5.91 Å². The summed E-state index contributed by atoms with van der Waals surface area (Å²) in [6.07, 6.45) is 3.76. The second-order valence-electron chi connectivity index (χ2n) is 13.3. The number of nitrogens with two attached hydrogens (primary N) is 1. The van der Waals surface area contributed by atoms with Crippen LogP contribution in [0.3, 0.4) is 0 Å². The predicted molar refractivity (Wildman–Crippen MR) is 248 cm³/mol. The number of imide groups is 1. The normalized spacial score (nSPS) is 12.1. The Morgan fingerprint density at radius 2 is 1.19 bits per heavy atom. The number of hydrogen-bond acceptors (Lipinski definition) is 8. The smallest absolute Gasteiger partial charge is 0.379 e. The average molecular weight is 1010 g/mol. The van der Waals surface area contributed by atoms with E-state index in [1.54, 1.807) is 38.7 Å². The van der Waals surface area contributed by atoms with E-state index >= 15 is 0 Å². The first kappa shape index (κ1) is 45.2. The number of H-pyrrole nitrogens is 4. The minimum absolute atomic E-state index is 0. The number of rotatable bonds is 8. The SMILES string of the molecule is C.COC(=O)C(=O)c1c(Cl)[nH]c2ccc(Br)cc12.COc1ccc2[nH]cc(C3=C(c4c(Cl)[nH]c5ccc(Br)cc45)C(=O)NC3=O)c2c1.COc1ccc2[nH]cc(CC(N)=O)c2c1. The van der Waals surface area contributed by atoms with Gasteiger partial charge in [-0.05, 0) is 78.4 Å². The van der Waals surface area contributed by atoms with Gasteiger partial charge in [0.05, 0.1) is 44.5 Å². The van der Waals surface area contributed by atoms with Crippen molar-refractivity contribution in [1.29, 1.82) is 0 Å². The zero-order valence-electron chi connectivity index (χ0n) is 32.1. The van der Waals surface area contributed by atoms with Gasteiger partial charge in [0.15, 0.2) is 0 Å². The maximum absolute atomic E-state index is 12.8. The van der Waals surface area contributed by atoms with E-state index < -0.39 is 23.6 Å². The highest BCUT2D eigenvalue weighted by Gasteiger charge is 2.36. The Balaban J connectivity index is 0.000000167. The number of halogens is 4. The fourth-order valence-corrected chi connectivity index (χ4v) is 8.24. The number of primary amides is 1. The topological polar surface area (TPSA) is 214 Å². The second kappa shape index (κ2) is 18.7. The van der Waals surface area contributed by atoms with Crippen molar-refractivity contribution in [3.63, 3.8) is 0 Å². The van der Waals surface area contributed by atoms with Crippen LogP contribution in [0.25, 0.3) is 54.8 Å². The Labute approximate surface area is 379 Å². The number of esters is 1. The van der Waals surface area contributed by atoms with Crippen LogP contribution in [-0.2, 0) is 30.3 Å². The van der Waals surface area contributed by atoms with Gasteiger partial charge in [0.1, 0.15) is 21.8 Å². The molecule has 7 N–H and O–H groups in total. The van der Waals surface area contributed by atoms with Crippen LogP contribution in [0.4, 0.5) is 0 Å². The second-order valence-corrected chi connectivity index (χ2v) is 15.9. The lowest BCUT2D eigenvalue weighted by Crippen LogP contribution is -2.22. The van der Waals surface area contributed by atoms with Gasteiger partial charge in [0.25, 0.3) is 17.6 Å². The molecule has 0 spiro atoms. The summed E-state index contributed by atoms with van der Waals surface area (Å²) in [4.78, 5) is 71.6. The van der Waals surface area contributed by atoms with Crippen LogP contribution in [0.15, 0.2) is 94.1 Å². The van der Waals surface area contributed by atoms with Gasteiger partial charge < -0.3 is 39.9 Å². The molecule has 9 rings (SSSR count). The first-order valence-electron chi connectivity index (χ1n) is 18.0. The molecule has 0 bridgehead atoms. The number of carbonyl (C=O) groups is 5. The molecule has 0 aliphatic carbocycles. The summed E-state index contributed by atoms with van der Waals surface area (Å²) in [5.74, 6) is -1.56. The molecule has 0 fully saturated rings. The molecule has 4 aromatic heterocycles. The third-order valence-electron chi connectivity index (χ3n) is 9.71. The van der Waals surface area contributed by atoms with Crippen LogP contribution in [0.1, 0.15) is 34.5 Å². The summed E-state index contributed by atoms with van der Waals surface area (Å²) in [5, 5.41) is 5.93. The fraction of sp³-hybridized carbons (Fsp3) is 0.114. The van der Waals surface area contributed by atoms with Gasteiger partial charge in [-0.25, -0.2) is 4.79 Å². The van der Waals surface area contributed by atoms with Crippen molar-refractivity contribution in [3.05, 3.63) is 127 Å². The van der Waals surface area contributed by atoms with Crippen molar-refractivity contribution < 1.29 is 38.2 Å². The number of ketones is 1. The largest absolute Gasteiger partial charge is 0.497 e. The molecule has 3 amide bonds. The maximum Gasteiger partial charge on any atom is 0.379 e. The number of hydrogen-bond donors (Lipinski definition) is 6. The van der Waals surface area contributed by atoms with E-state index in [1.165, 1.54) is 0 Å². The number of methoxy groups -OCH3 is 3. The molecule has 4 aromatic carbocycles. The molecule has 18 heteroatoms. The summed E-state index contributed by atoms with van der Waals surface area (Å²) in [5.41, 5.74) is 11.1. The van der Waals surface area contributed by atoms with Crippen LogP contribution >= 0.6 is 55.1 Å². The predicted octanol–water partition coefficient (Wildman–Crippen LogP) is 9.42. The quantitative estimate of drug-likeness (QED) is 0.0372. The Morgan fingerprint density at radius 3 is 1.81 bits per heavy atom. The number of benzene rings is 4. The first-order chi connectivity index (χ1) is 29.2. The maximum atomic E-state index is 12.8. The zero-order chi connectivity index (χ0) is 43.7. The van der Waals surface area contributed by atoms with E-state index in [-0.39, 0.29) is 41.6 Å². The summed E-state index contributed by atoms with van der Waals surface area (Å²) in [7, 11) is 4.34. The van der Waals surface area contributed by atoms with Crippen LogP contribution < -0.4 is 20.5 Å². The number of fused-ring (bicyclic) bond motifs is 4. The minimum atomic E-state index is -0.937. The Morgan fingerprint density at radius 1 is 0.661 bits per heavy atom. The highest BCUT2D eigenvalue weighted by Crippen LogP contribution is 2.42. The third kappa shape index (κ3) is 8.85. The van der Waals surface area contributed by atoms with Crippen molar-refractivity contribution in [2.24, 2.45) is 5.73 Å². The number of carbonyl (C=O) groups excluding carboxylic acids is 5. The van der Waals surface area contributed by atoms with E-state index in [4.69, 9.17) is 38.4 Å². The van der Waals surface area contributed by atoms with Crippen molar-refractivity contribution >= 4 is 139 Å². The standard InChI is InChI=1S/C21H13BrClN3O3.C11H7BrClNO3.C11H12N2O2.CH4/c1-29-10-3-5-14-11(7-10)13(8-24-14)17-18(21(28)26-20(17)27)16-12-6-9(22)2-4-15(12)25-19(16)23;1-17-11(16)9(15)8-6-4-5(12)2-3-7(6)14-10(8)13;1-15-8-2-3-10-9(5-8)7(6-13-10)4-11(12)14;/h2-8,24-25H,1H3,(H,26,27,28);2-4,14H,1H3;2-3,5-6,13H,4H2,1H3,(H2,12,14);1H4. The summed E-state index contributed by atoms with van der Waals surface area (Å²) < 4.78 is 16.5. The number of nitrogens with one attached hydrogen (secondary N) is 5. The van der Waals surface area contributed by atoms with E-state index in [1.807, 2.05) is 60.7 Å². The molecule has 62 heavy (non-hydrogen) atoms. The summed E-state index contributed by atoms with van der Waals surface area (Å²) in [6, 6.07) is 22.1. The van der Waals surface area contributed by atoms with Crippen LogP contribution in [0.2, 0.25) is 10.3 Å². The number of amides is 3. The molecule has 0 saturated carbocycles. The lowest BCUT2D eigenvalue weighted by Gasteiger charge is -2.05. The van der Waals surface area contributed by atoms with Crippen molar-refractivity contribution in [1.82, 2.24) is 25.3 Å². The Kier molecular flexibility index (Phi) is 13.7. The molecule has 0 unspecified atom stereocenters. The monoisotopic (exact) mass is 1000 g/mol. The van der Waals surface area contributed by atoms with Gasteiger partial charge in [-0.3, -0.25) is 24.5 Å². The lowest BCUT2D eigenvalue weighted by molar-refractivity contribution is -0.135. The van der Waals surface area contributed by atoms with Crippen molar-refractivity contribution in [3.8, 4) is 11.5 Å². The van der Waals surface area contributed by atoms with E-state index in [9.17, 15) is 24.0 Å². The van der Waals surface area contributed by atoms with Gasteiger partial charge in [-0.2, -0.15) is 0 Å². The zero-order valence-corrected chi connectivity index (χ0v) is 36.8.